The smallest absolute Gasteiger partial charge is 0.297 e. The molecule has 1 aromatic rings. The fraction of sp³-hybridized carbons (Fsp3) is 0.400. The van der Waals surface area contributed by atoms with Crippen LogP contribution in [0.1, 0.15) is 28.8 Å². The van der Waals surface area contributed by atoms with E-state index in [4.69, 9.17) is 5.26 Å². The number of nitrogens with zero attached hydrogens (tertiary/aromatic N) is 1. The van der Waals surface area contributed by atoms with E-state index < -0.39 is 55.4 Å². The lowest BCUT2D eigenvalue weighted by molar-refractivity contribution is -0.137. The molecule has 0 aliphatic heterocycles. The summed E-state index contributed by atoms with van der Waals surface area (Å²) >= 11 is 0. The monoisotopic (exact) mass is 359 g/mol. The highest BCUT2D eigenvalue weighted by Crippen LogP contribution is 2.35. The number of ketones is 2. The normalized spacial score (nSPS) is 16.3. The SMILES string of the molecule is CS(=O)(=O)c1cc(C(F)(F)F)ccc1C(=O)C(C#N)C(=O)C1CC1. The number of rotatable bonds is 5. The van der Waals surface area contributed by atoms with E-state index in [1.807, 2.05) is 0 Å². The highest BCUT2D eigenvalue weighted by molar-refractivity contribution is 7.90. The van der Waals surface area contributed by atoms with Gasteiger partial charge in [-0.1, -0.05) is 0 Å². The number of carbonyl (C=O) groups excluding carboxylic acids is 2. The molecule has 0 N–H and O–H groups in total. The van der Waals surface area contributed by atoms with Crippen LogP contribution in [0.15, 0.2) is 23.1 Å². The van der Waals surface area contributed by atoms with E-state index in [0.717, 1.165) is 0 Å². The Morgan fingerprint density at radius 3 is 2.29 bits per heavy atom. The molecule has 2 rings (SSSR count). The van der Waals surface area contributed by atoms with Crippen molar-refractivity contribution in [1.29, 1.82) is 5.26 Å². The minimum absolute atomic E-state index is 0.346. The molecule has 1 atom stereocenters. The number of hydrogen-bond acceptors (Lipinski definition) is 5. The summed E-state index contributed by atoms with van der Waals surface area (Å²) in [5, 5.41) is 9.06. The maximum Gasteiger partial charge on any atom is 0.416 e. The Kier molecular flexibility index (Phi) is 4.55. The highest BCUT2D eigenvalue weighted by Gasteiger charge is 2.40. The Morgan fingerprint density at radius 2 is 1.88 bits per heavy atom. The maximum atomic E-state index is 12.8. The Morgan fingerprint density at radius 1 is 1.29 bits per heavy atom. The first-order valence-corrected chi connectivity index (χ1v) is 8.75. The highest BCUT2D eigenvalue weighted by atomic mass is 32.2. The predicted molar refractivity (Wildman–Crippen MR) is 75.7 cm³/mol. The van der Waals surface area contributed by atoms with E-state index >= 15 is 0 Å². The van der Waals surface area contributed by atoms with Gasteiger partial charge in [-0.25, -0.2) is 8.42 Å². The number of benzene rings is 1. The van der Waals surface area contributed by atoms with Crippen molar-refractivity contribution in [2.45, 2.75) is 23.9 Å². The van der Waals surface area contributed by atoms with Crippen molar-refractivity contribution in [3.05, 3.63) is 29.3 Å². The number of carbonyl (C=O) groups is 2. The van der Waals surface area contributed by atoms with Gasteiger partial charge in [-0.2, -0.15) is 18.4 Å². The average molecular weight is 359 g/mol. The van der Waals surface area contributed by atoms with E-state index in [9.17, 15) is 31.2 Å². The predicted octanol–water partition coefficient (Wildman–Crippen LogP) is 2.41. The average Bonchev–Trinajstić information content (AvgIpc) is 3.29. The number of nitriles is 1. The molecular formula is C15H12F3NO4S. The molecule has 24 heavy (non-hydrogen) atoms. The van der Waals surface area contributed by atoms with E-state index in [0.29, 0.717) is 37.3 Å². The van der Waals surface area contributed by atoms with Gasteiger partial charge in [0.05, 0.1) is 16.5 Å². The third-order valence-electron chi connectivity index (χ3n) is 3.63. The molecule has 0 aromatic heterocycles. The summed E-state index contributed by atoms with van der Waals surface area (Å²) in [5.74, 6) is -3.85. The van der Waals surface area contributed by atoms with Crippen LogP contribution in [0.4, 0.5) is 13.2 Å². The molecule has 1 aliphatic rings. The summed E-state index contributed by atoms with van der Waals surface area (Å²) < 4.78 is 61.9. The van der Waals surface area contributed by atoms with Crippen molar-refractivity contribution in [2.75, 3.05) is 6.26 Å². The van der Waals surface area contributed by atoms with Crippen LogP contribution >= 0.6 is 0 Å². The van der Waals surface area contributed by atoms with Crippen LogP contribution in [0.3, 0.4) is 0 Å². The largest absolute Gasteiger partial charge is 0.416 e. The summed E-state index contributed by atoms with van der Waals surface area (Å²) in [6.45, 7) is 0. The molecule has 1 saturated carbocycles. The molecule has 9 heteroatoms. The fourth-order valence-corrected chi connectivity index (χ4v) is 3.13. The van der Waals surface area contributed by atoms with Gasteiger partial charge in [-0.15, -0.1) is 0 Å². The second-order valence-corrected chi connectivity index (χ2v) is 7.57. The first-order valence-electron chi connectivity index (χ1n) is 6.85. The van der Waals surface area contributed by atoms with Crippen LogP contribution in [0, 0.1) is 23.2 Å². The van der Waals surface area contributed by atoms with Crippen molar-refractivity contribution in [3.8, 4) is 6.07 Å². The third kappa shape index (κ3) is 3.64. The van der Waals surface area contributed by atoms with Gasteiger partial charge in [0.15, 0.2) is 27.3 Å². The van der Waals surface area contributed by atoms with Gasteiger partial charge in [0.25, 0.3) is 0 Å². The molecule has 0 heterocycles. The minimum Gasteiger partial charge on any atom is -0.297 e. The Bertz CT molecular complexity index is 848. The molecular weight excluding hydrogens is 347 g/mol. The fourth-order valence-electron chi connectivity index (χ4n) is 2.22. The van der Waals surface area contributed by atoms with Crippen molar-refractivity contribution >= 4 is 21.4 Å². The van der Waals surface area contributed by atoms with Crippen LogP contribution in [-0.2, 0) is 20.8 Å². The van der Waals surface area contributed by atoms with Gasteiger partial charge >= 0.3 is 6.18 Å². The number of Topliss-reactive ketones (excluding diaryl/α,β-unsaturated/α-hetero) is 2. The number of hydrogen-bond donors (Lipinski definition) is 0. The molecule has 0 radical (unpaired) electrons. The van der Waals surface area contributed by atoms with Gasteiger partial charge in [-0.3, -0.25) is 9.59 Å². The molecule has 128 valence electrons. The summed E-state index contributed by atoms with van der Waals surface area (Å²) in [6.07, 6.45) is -3.06. The van der Waals surface area contributed by atoms with Gasteiger partial charge < -0.3 is 0 Å². The van der Waals surface area contributed by atoms with Crippen molar-refractivity contribution in [3.63, 3.8) is 0 Å². The first-order chi connectivity index (χ1) is 11.0. The molecule has 5 nitrogen and oxygen atoms in total. The Labute approximate surface area is 136 Å². The second kappa shape index (κ2) is 6.02. The lowest BCUT2D eigenvalue weighted by Gasteiger charge is -2.13. The number of sulfone groups is 1. The van der Waals surface area contributed by atoms with Crippen LogP contribution in [0.5, 0.6) is 0 Å². The zero-order valence-electron chi connectivity index (χ0n) is 12.4. The minimum atomic E-state index is -4.79. The summed E-state index contributed by atoms with van der Waals surface area (Å²) in [7, 11) is -4.17. The van der Waals surface area contributed by atoms with Crippen LogP contribution < -0.4 is 0 Å². The van der Waals surface area contributed by atoms with Gasteiger partial charge in [-0.05, 0) is 31.0 Å². The Balaban J connectivity index is 2.55. The van der Waals surface area contributed by atoms with Gasteiger partial charge in [0.2, 0.25) is 0 Å². The topological polar surface area (TPSA) is 92.1 Å². The van der Waals surface area contributed by atoms with Crippen LogP contribution in [0.2, 0.25) is 0 Å². The van der Waals surface area contributed by atoms with Crippen LogP contribution in [-0.4, -0.2) is 26.2 Å². The molecule has 0 saturated heterocycles. The maximum absolute atomic E-state index is 12.8. The van der Waals surface area contributed by atoms with Crippen LogP contribution in [0.25, 0.3) is 0 Å². The zero-order chi connectivity index (χ0) is 18.3. The van der Waals surface area contributed by atoms with Gasteiger partial charge in [0, 0.05) is 17.7 Å². The Hall–Kier alpha value is -2.21. The molecule has 1 unspecified atom stereocenters. The van der Waals surface area contributed by atoms with E-state index in [-0.39, 0.29) is 0 Å². The molecule has 0 bridgehead atoms. The van der Waals surface area contributed by atoms with E-state index in [1.54, 1.807) is 0 Å². The van der Waals surface area contributed by atoms with Crippen molar-refractivity contribution in [1.82, 2.24) is 0 Å². The standard InChI is InChI=1S/C15H12F3NO4S/c1-24(22,23)12-6-9(15(16,17)18)4-5-10(12)14(21)11(7-19)13(20)8-2-3-8/h4-6,8,11H,2-3H2,1H3. The second-order valence-electron chi connectivity index (χ2n) is 5.58. The first kappa shape index (κ1) is 18.1. The molecule has 0 spiro atoms. The quantitative estimate of drug-likeness (QED) is 0.595. The zero-order valence-corrected chi connectivity index (χ0v) is 13.2. The summed E-state index contributed by atoms with van der Waals surface area (Å²) in [5.41, 5.74) is -1.81. The lowest BCUT2D eigenvalue weighted by atomic mass is 9.92. The summed E-state index contributed by atoms with van der Waals surface area (Å²) in [4.78, 5) is 23.5. The molecule has 0 amide bonds. The van der Waals surface area contributed by atoms with E-state index in [2.05, 4.69) is 0 Å². The third-order valence-corrected chi connectivity index (χ3v) is 4.77. The lowest BCUT2D eigenvalue weighted by Crippen LogP contribution is -2.26. The number of alkyl halides is 3. The number of halogens is 3. The van der Waals surface area contributed by atoms with E-state index in [1.165, 1.54) is 6.07 Å². The van der Waals surface area contributed by atoms with Gasteiger partial charge in [0.1, 0.15) is 0 Å². The molecule has 1 aromatic carbocycles. The molecule has 1 fully saturated rings. The van der Waals surface area contributed by atoms with Crippen molar-refractivity contribution in [2.24, 2.45) is 11.8 Å². The molecule has 1 aliphatic carbocycles. The summed E-state index contributed by atoms with van der Waals surface area (Å²) in [6, 6.07) is 3.13. The van der Waals surface area contributed by atoms with Crippen molar-refractivity contribution < 1.29 is 31.2 Å².